The summed E-state index contributed by atoms with van der Waals surface area (Å²) < 4.78 is 10.0. The minimum absolute atomic E-state index is 0.199. The van der Waals surface area contributed by atoms with Crippen LogP contribution in [0.5, 0.6) is 0 Å². The van der Waals surface area contributed by atoms with Crippen LogP contribution < -0.4 is 0 Å². The molecule has 0 aliphatic rings. The van der Waals surface area contributed by atoms with Crippen LogP contribution in [0.1, 0.15) is 26.2 Å². The fourth-order valence-electron chi connectivity index (χ4n) is 0.938. The topological polar surface area (TPSA) is 18.5 Å². The highest BCUT2D eigenvalue weighted by Gasteiger charge is 1.95. The zero-order chi connectivity index (χ0) is 9.94. The molecule has 2 heteroatoms. The summed E-state index contributed by atoms with van der Waals surface area (Å²) in [5, 5.41) is 0. The van der Waals surface area contributed by atoms with E-state index in [9.17, 15) is 0 Å². The molecule has 0 aliphatic heterocycles. The zero-order valence-electron chi connectivity index (χ0n) is 8.82. The SMILES string of the molecule is CC/C=C\CCC=CC(OC)OC. The average molecular weight is 184 g/mol. The second kappa shape index (κ2) is 9.49. The van der Waals surface area contributed by atoms with Crippen LogP contribution in [-0.4, -0.2) is 20.5 Å². The van der Waals surface area contributed by atoms with Gasteiger partial charge in [-0.25, -0.2) is 0 Å². The number of rotatable bonds is 7. The first-order chi connectivity index (χ1) is 6.35. The Labute approximate surface area is 81.2 Å². The molecular weight excluding hydrogens is 164 g/mol. The molecule has 0 rings (SSSR count). The molecule has 0 fully saturated rings. The molecule has 2 nitrogen and oxygen atoms in total. The first-order valence-electron chi connectivity index (χ1n) is 4.72. The Hall–Kier alpha value is -0.600. The van der Waals surface area contributed by atoms with Crippen LogP contribution >= 0.6 is 0 Å². The van der Waals surface area contributed by atoms with Gasteiger partial charge in [0.15, 0.2) is 6.29 Å². The van der Waals surface area contributed by atoms with Gasteiger partial charge < -0.3 is 9.47 Å². The number of unbranched alkanes of at least 4 members (excludes halogenated alkanes) is 1. The van der Waals surface area contributed by atoms with Crippen LogP contribution in [0, 0.1) is 0 Å². The van der Waals surface area contributed by atoms with Gasteiger partial charge in [0.1, 0.15) is 0 Å². The lowest BCUT2D eigenvalue weighted by molar-refractivity contribution is -0.0667. The quantitative estimate of drug-likeness (QED) is 0.344. The van der Waals surface area contributed by atoms with Gasteiger partial charge in [-0.15, -0.1) is 0 Å². The lowest BCUT2D eigenvalue weighted by atomic mass is 10.2. The first-order valence-corrected chi connectivity index (χ1v) is 4.72. The largest absolute Gasteiger partial charge is 0.352 e. The highest BCUT2D eigenvalue weighted by Crippen LogP contribution is 1.98. The van der Waals surface area contributed by atoms with E-state index in [4.69, 9.17) is 9.47 Å². The van der Waals surface area contributed by atoms with Crippen molar-refractivity contribution in [2.45, 2.75) is 32.5 Å². The summed E-state index contributed by atoms with van der Waals surface area (Å²) in [5.41, 5.74) is 0. The van der Waals surface area contributed by atoms with E-state index in [0.29, 0.717) is 0 Å². The molecule has 0 aromatic heterocycles. The third kappa shape index (κ3) is 7.75. The van der Waals surface area contributed by atoms with Crippen molar-refractivity contribution in [3.8, 4) is 0 Å². The summed E-state index contributed by atoms with van der Waals surface area (Å²) in [6.45, 7) is 2.14. The monoisotopic (exact) mass is 184 g/mol. The average Bonchev–Trinajstić information content (AvgIpc) is 2.17. The molecule has 0 saturated heterocycles. The lowest BCUT2D eigenvalue weighted by Crippen LogP contribution is -2.08. The Morgan fingerprint density at radius 3 is 2.15 bits per heavy atom. The van der Waals surface area contributed by atoms with Crippen molar-refractivity contribution < 1.29 is 9.47 Å². The third-order valence-electron chi connectivity index (χ3n) is 1.66. The second-order valence-corrected chi connectivity index (χ2v) is 2.72. The molecule has 0 saturated carbocycles. The van der Waals surface area contributed by atoms with Gasteiger partial charge >= 0.3 is 0 Å². The van der Waals surface area contributed by atoms with E-state index in [2.05, 4.69) is 25.2 Å². The van der Waals surface area contributed by atoms with Crippen molar-refractivity contribution in [1.82, 2.24) is 0 Å². The van der Waals surface area contributed by atoms with Gasteiger partial charge in [-0.2, -0.15) is 0 Å². The molecule has 0 aliphatic carbocycles. The predicted octanol–water partition coefficient (Wildman–Crippen LogP) is 2.91. The Balaban J connectivity index is 3.44. The number of methoxy groups -OCH3 is 2. The molecule has 0 radical (unpaired) electrons. The van der Waals surface area contributed by atoms with E-state index in [1.165, 1.54) is 0 Å². The minimum atomic E-state index is -0.199. The van der Waals surface area contributed by atoms with Crippen molar-refractivity contribution in [3.05, 3.63) is 24.3 Å². The Kier molecular flexibility index (Phi) is 9.05. The predicted molar refractivity (Wildman–Crippen MR) is 55.6 cm³/mol. The summed E-state index contributed by atoms with van der Waals surface area (Å²) >= 11 is 0. The molecule has 0 atom stereocenters. The normalized spacial score (nSPS) is 12.3. The maximum absolute atomic E-state index is 5.00. The van der Waals surface area contributed by atoms with E-state index in [0.717, 1.165) is 19.3 Å². The van der Waals surface area contributed by atoms with Gasteiger partial charge in [0.25, 0.3) is 0 Å². The molecule has 0 aromatic rings. The van der Waals surface area contributed by atoms with Gasteiger partial charge in [0, 0.05) is 14.2 Å². The third-order valence-corrected chi connectivity index (χ3v) is 1.66. The van der Waals surface area contributed by atoms with E-state index in [1.54, 1.807) is 14.2 Å². The van der Waals surface area contributed by atoms with Crippen molar-refractivity contribution in [2.75, 3.05) is 14.2 Å². The van der Waals surface area contributed by atoms with Crippen molar-refractivity contribution in [2.24, 2.45) is 0 Å². The molecule has 0 bridgehead atoms. The smallest absolute Gasteiger partial charge is 0.176 e. The summed E-state index contributed by atoms with van der Waals surface area (Å²) in [7, 11) is 3.27. The standard InChI is InChI=1S/C11H20O2/c1-4-5-6-7-8-9-10-11(12-2)13-3/h5-6,9-11H,4,7-8H2,1-3H3/b6-5-,10-9?. The number of hydrogen-bond acceptors (Lipinski definition) is 2. The van der Waals surface area contributed by atoms with E-state index >= 15 is 0 Å². The summed E-state index contributed by atoms with van der Waals surface area (Å²) in [6, 6.07) is 0. The first kappa shape index (κ1) is 12.4. The van der Waals surface area contributed by atoms with E-state index < -0.39 is 0 Å². The highest BCUT2D eigenvalue weighted by atomic mass is 16.7. The van der Waals surface area contributed by atoms with Gasteiger partial charge in [-0.05, 0) is 25.3 Å². The summed E-state index contributed by atoms with van der Waals surface area (Å²) in [6.07, 6.45) is 11.4. The Bertz CT molecular complexity index is 146. The Morgan fingerprint density at radius 1 is 1.00 bits per heavy atom. The fraction of sp³-hybridized carbons (Fsp3) is 0.636. The molecule has 0 spiro atoms. The summed E-state index contributed by atoms with van der Waals surface area (Å²) in [4.78, 5) is 0. The molecule has 0 unspecified atom stereocenters. The molecular formula is C11H20O2. The van der Waals surface area contributed by atoms with Gasteiger partial charge in [-0.3, -0.25) is 0 Å². The van der Waals surface area contributed by atoms with E-state index in [-0.39, 0.29) is 6.29 Å². The number of ether oxygens (including phenoxy) is 2. The molecule has 13 heavy (non-hydrogen) atoms. The number of hydrogen-bond donors (Lipinski definition) is 0. The maximum atomic E-state index is 5.00. The van der Waals surface area contributed by atoms with E-state index in [1.807, 2.05) is 6.08 Å². The fourth-order valence-corrected chi connectivity index (χ4v) is 0.938. The van der Waals surface area contributed by atoms with Crippen LogP contribution in [0.3, 0.4) is 0 Å². The van der Waals surface area contributed by atoms with Crippen molar-refractivity contribution in [1.29, 1.82) is 0 Å². The van der Waals surface area contributed by atoms with Crippen LogP contribution in [-0.2, 0) is 9.47 Å². The lowest BCUT2D eigenvalue weighted by Gasteiger charge is -2.06. The van der Waals surface area contributed by atoms with Crippen LogP contribution in [0.15, 0.2) is 24.3 Å². The summed E-state index contributed by atoms with van der Waals surface area (Å²) in [5.74, 6) is 0. The molecule has 0 N–H and O–H groups in total. The number of allylic oxidation sites excluding steroid dienone is 3. The highest BCUT2D eigenvalue weighted by molar-refractivity contribution is 4.89. The van der Waals surface area contributed by atoms with Gasteiger partial charge in [0.05, 0.1) is 0 Å². The van der Waals surface area contributed by atoms with Gasteiger partial charge in [-0.1, -0.05) is 25.2 Å². The van der Waals surface area contributed by atoms with Crippen LogP contribution in [0.4, 0.5) is 0 Å². The molecule has 0 heterocycles. The van der Waals surface area contributed by atoms with Gasteiger partial charge in [0.2, 0.25) is 0 Å². The second-order valence-electron chi connectivity index (χ2n) is 2.72. The molecule has 0 amide bonds. The minimum Gasteiger partial charge on any atom is -0.352 e. The Morgan fingerprint density at radius 2 is 1.62 bits per heavy atom. The van der Waals surface area contributed by atoms with Crippen molar-refractivity contribution in [3.63, 3.8) is 0 Å². The molecule has 76 valence electrons. The van der Waals surface area contributed by atoms with Crippen LogP contribution in [0.2, 0.25) is 0 Å². The van der Waals surface area contributed by atoms with Crippen LogP contribution in [0.25, 0.3) is 0 Å². The maximum Gasteiger partial charge on any atom is 0.176 e. The molecule has 0 aromatic carbocycles. The zero-order valence-corrected chi connectivity index (χ0v) is 8.82. The van der Waals surface area contributed by atoms with Crippen molar-refractivity contribution >= 4 is 0 Å².